The monoisotopic (exact) mass is 266 g/mol. The largest absolute Gasteiger partial charge is 0.383 e. The highest BCUT2D eigenvalue weighted by molar-refractivity contribution is 5.71. The zero-order valence-electron chi connectivity index (χ0n) is 12.0. The summed E-state index contributed by atoms with van der Waals surface area (Å²) in [5, 5.41) is 3.56. The molecule has 0 spiro atoms. The molecule has 0 bridgehead atoms. The molecule has 104 valence electrons. The minimum absolute atomic E-state index is 0.400. The number of benzene rings is 2. The predicted octanol–water partition coefficient (Wildman–Crippen LogP) is 4.46. The standard InChI is InChI=1S/C18H22N2/c1-15(16-9-3-2-4-10-16)20-14-8-7-13-19-17-11-5-6-12-18(17)20/h2-6,9-12,15,19H,7-8,13-14H2,1H3. The van der Waals surface area contributed by atoms with Crippen molar-refractivity contribution < 1.29 is 0 Å². The molecule has 1 atom stereocenters. The van der Waals surface area contributed by atoms with E-state index in [4.69, 9.17) is 0 Å². The molecule has 2 nitrogen and oxygen atoms in total. The molecule has 1 unspecified atom stereocenters. The number of rotatable bonds is 2. The smallest absolute Gasteiger partial charge is 0.0607 e. The van der Waals surface area contributed by atoms with Gasteiger partial charge in [-0.15, -0.1) is 0 Å². The van der Waals surface area contributed by atoms with Crippen molar-refractivity contribution >= 4 is 11.4 Å². The molecular weight excluding hydrogens is 244 g/mol. The van der Waals surface area contributed by atoms with Gasteiger partial charge in [-0.05, 0) is 37.5 Å². The number of nitrogens with zero attached hydrogens (tertiary/aromatic N) is 1. The third-order valence-electron chi connectivity index (χ3n) is 4.10. The number of anilines is 2. The number of para-hydroxylation sites is 2. The number of nitrogens with one attached hydrogen (secondary N) is 1. The van der Waals surface area contributed by atoms with Crippen LogP contribution in [0, 0.1) is 0 Å². The van der Waals surface area contributed by atoms with E-state index in [1.54, 1.807) is 0 Å². The Morgan fingerprint density at radius 2 is 1.70 bits per heavy atom. The highest BCUT2D eigenvalue weighted by Crippen LogP contribution is 2.34. The molecule has 1 N–H and O–H groups in total. The Balaban J connectivity index is 1.96. The molecule has 2 aromatic carbocycles. The average Bonchev–Trinajstić information content (AvgIpc) is 2.49. The van der Waals surface area contributed by atoms with Crippen molar-refractivity contribution in [3.05, 3.63) is 60.2 Å². The van der Waals surface area contributed by atoms with Crippen molar-refractivity contribution in [3.63, 3.8) is 0 Å². The van der Waals surface area contributed by atoms with Crippen LogP contribution in [0.4, 0.5) is 11.4 Å². The quantitative estimate of drug-likeness (QED) is 0.863. The van der Waals surface area contributed by atoms with Gasteiger partial charge in [-0.25, -0.2) is 0 Å². The summed E-state index contributed by atoms with van der Waals surface area (Å²) in [6, 6.07) is 19.8. The highest BCUT2D eigenvalue weighted by Gasteiger charge is 2.19. The molecule has 1 aliphatic rings. The second-order valence-electron chi connectivity index (χ2n) is 5.43. The number of hydrogen-bond acceptors (Lipinski definition) is 2. The molecular formula is C18H22N2. The van der Waals surface area contributed by atoms with E-state index in [2.05, 4.69) is 71.7 Å². The first-order chi connectivity index (χ1) is 9.86. The Hall–Kier alpha value is -1.96. The van der Waals surface area contributed by atoms with Crippen molar-refractivity contribution in [2.75, 3.05) is 23.3 Å². The van der Waals surface area contributed by atoms with E-state index in [1.807, 2.05) is 0 Å². The molecule has 0 saturated carbocycles. The molecule has 20 heavy (non-hydrogen) atoms. The third kappa shape index (κ3) is 2.64. The normalized spacial score (nSPS) is 16.6. The topological polar surface area (TPSA) is 15.3 Å². The zero-order valence-corrected chi connectivity index (χ0v) is 12.0. The molecule has 0 amide bonds. The van der Waals surface area contributed by atoms with Crippen LogP contribution < -0.4 is 10.2 Å². The minimum Gasteiger partial charge on any atom is -0.383 e. The van der Waals surface area contributed by atoms with Crippen LogP contribution in [0.1, 0.15) is 31.4 Å². The molecule has 1 aliphatic heterocycles. The van der Waals surface area contributed by atoms with E-state index in [1.165, 1.54) is 29.8 Å². The summed E-state index contributed by atoms with van der Waals surface area (Å²) in [7, 11) is 0. The third-order valence-corrected chi connectivity index (χ3v) is 4.10. The van der Waals surface area contributed by atoms with E-state index in [0.29, 0.717) is 6.04 Å². The van der Waals surface area contributed by atoms with Crippen molar-refractivity contribution in [2.24, 2.45) is 0 Å². The zero-order chi connectivity index (χ0) is 13.8. The lowest BCUT2D eigenvalue weighted by atomic mass is 10.0. The van der Waals surface area contributed by atoms with Crippen LogP contribution in [0.5, 0.6) is 0 Å². The van der Waals surface area contributed by atoms with Crippen molar-refractivity contribution in [3.8, 4) is 0 Å². The molecule has 0 aliphatic carbocycles. The molecule has 0 fully saturated rings. The van der Waals surface area contributed by atoms with Gasteiger partial charge in [-0.1, -0.05) is 42.5 Å². The Morgan fingerprint density at radius 1 is 0.950 bits per heavy atom. The van der Waals surface area contributed by atoms with Gasteiger partial charge in [0, 0.05) is 13.1 Å². The molecule has 2 heteroatoms. The van der Waals surface area contributed by atoms with Crippen LogP contribution in [0.25, 0.3) is 0 Å². The van der Waals surface area contributed by atoms with Crippen LogP contribution in [-0.2, 0) is 0 Å². The maximum atomic E-state index is 3.56. The summed E-state index contributed by atoms with van der Waals surface area (Å²) in [6.45, 7) is 4.49. The molecule has 1 heterocycles. The Kier molecular flexibility index (Phi) is 3.91. The lowest BCUT2D eigenvalue weighted by Gasteiger charge is -2.35. The first kappa shape index (κ1) is 13.0. The van der Waals surface area contributed by atoms with Gasteiger partial charge in [0.2, 0.25) is 0 Å². The summed E-state index contributed by atoms with van der Waals surface area (Å²) in [5.74, 6) is 0. The Morgan fingerprint density at radius 3 is 2.55 bits per heavy atom. The number of hydrogen-bond donors (Lipinski definition) is 1. The fraction of sp³-hybridized carbons (Fsp3) is 0.333. The van der Waals surface area contributed by atoms with Crippen molar-refractivity contribution in [1.82, 2.24) is 0 Å². The molecule has 3 rings (SSSR count). The maximum absolute atomic E-state index is 3.56. The second-order valence-corrected chi connectivity index (χ2v) is 5.43. The summed E-state index contributed by atoms with van der Waals surface area (Å²) < 4.78 is 0. The molecule has 0 saturated heterocycles. The van der Waals surface area contributed by atoms with Gasteiger partial charge in [0.05, 0.1) is 17.4 Å². The van der Waals surface area contributed by atoms with Crippen LogP contribution in [0.3, 0.4) is 0 Å². The Bertz CT molecular complexity index is 550. The van der Waals surface area contributed by atoms with Gasteiger partial charge in [0.25, 0.3) is 0 Å². The average molecular weight is 266 g/mol. The lowest BCUT2D eigenvalue weighted by molar-refractivity contribution is 0.623. The van der Waals surface area contributed by atoms with Gasteiger partial charge in [-0.3, -0.25) is 0 Å². The predicted molar refractivity (Wildman–Crippen MR) is 86.4 cm³/mol. The van der Waals surface area contributed by atoms with Crippen LogP contribution in [-0.4, -0.2) is 13.1 Å². The highest BCUT2D eigenvalue weighted by atomic mass is 15.2. The maximum Gasteiger partial charge on any atom is 0.0607 e. The Labute approximate surface area is 121 Å². The van der Waals surface area contributed by atoms with Crippen LogP contribution >= 0.6 is 0 Å². The SMILES string of the molecule is CC(c1ccccc1)N1CCCCNc2ccccc21. The summed E-state index contributed by atoms with van der Waals surface area (Å²) >= 11 is 0. The molecule has 0 aromatic heterocycles. The fourth-order valence-electron chi connectivity index (χ4n) is 2.94. The van der Waals surface area contributed by atoms with E-state index in [-0.39, 0.29) is 0 Å². The summed E-state index contributed by atoms with van der Waals surface area (Å²) in [5.41, 5.74) is 3.96. The second kappa shape index (κ2) is 6.00. The van der Waals surface area contributed by atoms with E-state index in [9.17, 15) is 0 Å². The van der Waals surface area contributed by atoms with Gasteiger partial charge in [-0.2, -0.15) is 0 Å². The van der Waals surface area contributed by atoms with Gasteiger partial charge in [0.1, 0.15) is 0 Å². The van der Waals surface area contributed by atoms with Gasteiger partial charge in [0.15, 0.2) is 0 Å². The summed E-state index contributed by atoms with van der Waals surface area (Å²) in [4.78, 5) is 2.52. The van der Waals surface area contributed by atoms with Gasteiger partial charge >= 0.3 is 0 Å². The van der Waals surface area contributed by atoms with Crippen LogP contribution in [0.15, 0.2) is 54.6 Å². The fourth-order valence-corrected chi connectivity index (χ4v) is 2.94. The van der Waals surface area contributed by atoms with E-state index in [0.717, 1.165) is 13.1 Å². The molecule has 0 radical (unpaired) electrons. The van der Waals surface area contributed by atoms with Crippen LogP contribution in [0.2, 0.25) is 0 Å². The van der Waals surface area contributed by atoms with Crippen molar-refractivity contribution in [1.29, 1.82) is 0 Å². The van der Waals surface area contributed by atoms with E-state index < -0.39 is 0 Å². The first-order valence-corrected chi connectivity index (χ1v) is 7.51. The minimum atomic E-state index is 0.400. The number of fused-ring (bicyclic) bond motifs is 1. The summed E-state index contributed by atoms with van der Waals surface area (Å²) in [6.07, 6.45) is 2.46. The molecule has 2 aromatic rings. The lowest BCUT2D eigenvalue weighted by Crippen LogP contribution is -2.30. The van der Waals surface area contributed by atoms with Gasteiger partial charge < -0.3 is 10.2 Å². The van der Waals surface area contributed by atoms with E-state index >= 15 is 0 Å². The van der Waals surface area contributed by atoms with Crippen molar-refractivity contribution in [2.45, 2.75) is 25.8 Å². The first-order valence-electron chi connectivity index (χ1n) is 7.51.